The van der Waals surface area contributed by atoms with E-state index in [0.29, 0.717) is 0 Å². The molecule has 0 radical (unpaired) electrons. The molecule has 1 aliphatic rings. The summed E-state index contributed by atoms with van der Waals surface area (Å²) < 4.78 is 0. The van der Waals surface area contributed by atoms with E-state index >= 15 is 0 Å². The molecule has 0 unspecified atom stereocenters. The van der Waals surface area contributed by atoms with Gasteiger partial charge >= 0.3 is 0 Å². The number of rotatable bonds is 4. The van der Waals surface area contributed by atoms with E-state index in [0.717, 1.165) is 50.3 Å². The standard InChI is InChI=1S/C19H22N4.2ClH/c1-3-7-17-15(5-1)19(16-6-2-4-8-18(16)22-17)21-11-14-23-12-9-20-10-13-23;;/h1-8,20H,9-14H2,(H,21,22);2*1H. The molecule has 0 atom stereocenters. The topological polar surface area (TPSA) is 40.2 Å². The first-order chi connectivity index (χ1) is 11.4. The SMILES string of the molecule is Cl.Cl.c1ccc2c(NCCN3CCNCC3)c3ccccc3nc2c1. The molecule has 0 saturated carbocycles. The summed E-state index contributed by atoms with van der Waals surface area (Å²) in [4.78, 5) is 7.29. The Bertz CT molecular complexity index is 765. The maximum absolute atomic E-state index is 4.78. The van der Waals surface area contributed by atoms with Gasteiger partial charge in [0, 0.05) is 50.0 Å². The minimum Gasteiger partial charge on any atom is -0.383 e. The van der Waals surface area contributed by atoms with Gasteiger partial charge in [-0.05, 0) is 12.1 Å². The molecular weight excluding hydrogens is 355 g/mol. The maximum atomic E-state index is 4.78. The van der Waals surface area contributed by atoms with Crippen molar-refractivity contribution in [2.45, 2.75) is 0 Å². The second-order valence-electron chi connectivity index (χ2n) is 6.04. The van der Waals surface area contributed by atoms with Gasteiger partial charge in [-0.2, -0.15) is 0 Å². The lowest BCUT2D eigenvalue weighted by Crippen LogP contribution is -2.45. The molecule has 25 heavy (non-hydrogen) atoms. The Hall–Kier alpha value is -1.59. The number of hydrogen-bond donors (Lipinski definition) is 2. The number of nitrogens with one attached hydrogen (secondary N) is 2. The Kier molecular flexibility index (Phi) is 7.26. The summed E-state index contributed by atoms with van der Waals surface area (Å²) >= 11 is 0. The van der Waals surface area contributed by atoms with Gasteiger partial charge in [-0.15, -0.1) is 24.8 Å². The molecule has 0 aliphatic carbocycles. The summed E-state index contributed by atoms with van der Waals surface area (Å²) in [5.41, 5.74) is 3.31. The zero-order valence-corrected chi connectivity index (χ0v) is 15.7. The van der Waals surface area contributed by atoms with Gasteiger partial charge in [0.1, 0.15) is 0 Å². The van der Waals surface area contributed by atoms with E-state index in [1.807, 2.05) is 0 Å². The molecule has 0 bridgehead atoms. The average Bonchev–Trinajstić information content (AvgIpc) is 2.62. The van der Waals surface area contributed by atoms with Gasteiger partial charge in [0.15, 0.2) is 0 Å². The van der Waals surface area contributed by atoms with Crippen molar-refractivity contribution in [2.75, 3.05) is 44.6 Å². The van der Waals surface area contributed by atoms with Gasteiger partial charge in [-0.1, -0.05) is 36.4 Å². The van der Waals surface area contributed by atoms with Crippen LogP contribution in [0.4, 0.5) is 5.69 Å². The summed E-state index contributed by atoms with van der Waals surface area (Å²) in [7, 11) is 0. The third-order valence-corrected chi connectivity index (χ3v) is 4.53. The van der Waals surface area contributed by atoms with Crippen LogP contribution in [0.5, 0.6) is 0 Å². The fourth-order valence-electron chi connectivity index (χ4n) is 3.30. The second kappa shape index (κ2) is 9.20. The van der Waals surface area contributed by atoms with Crippen molar-refractivity contribution in [3.63, 3.8) is 0 Å². The van der Waals surface area contributed by atoms with E-state index < -0.39 is 0 Å². The highest BCUT2D eigenvalue weighted by Gasteiger charge is 2.11. The van der Waals surface area contributed by atoms with Gasteiger partial charge < -0.3 is 10.6 Å². The number of nitrogens with zero attached hydrogens (tertiary/aromatic N) is 2. The summed E-state index contributed by atoms with van der Waals surface area (Å²) in [6.45, 7) is 6.51. The molecule has 4 nitrogen and oxygen atoms in total. The first-order valence-corrected chi connectivity index (χ1v) is 8.36. The summed E-state index contributed by atoms with van der Waals surface area (Å²) in [5.74, 6) is 0. The van der Waals surface area contributed by atoms with E-state index in [9.17, 15) is 0 Å². The molecule has 134 valence electrons. The molecule has 2 heterocycles. The fourth-order valence-corrected chi connectivity index (χ4v) is 3.30. The maximum Gasteiger partial charge on any atom is 0.0730 e. The quantitative estimate of drug-likeness (QED) is 0.681. The zero-order valence-electron chi connectivity index (χ0n) is 14.1. The summed E-state index contributed by atoms with van der Waals surface area (Å²) in [6, 6.07) is 16.8. The molecule has 3 aromatic rings. The van der Waals surface area contributed by atoms with E-state index in [1.165, 1.54) is 16.5 Å². The number of aromatic nitrogens is 1. The van der Waals surface area contributed by atoms with Gasteiger partial charge in [0.25, 0.3) is 0 Å². The minimum atomic E-state index is 0. The highest BCUT2D eigenvalue weighted by Crippen LogP contribution is 2.30. The first kappa shape index (κ1) is 19.7. The zero-order chi connectivity index (χ0) is 15.5. The predicted molar refractivity (Wildman–Crippen MR) is 112 cm³/mol. The number of halogens is 2. The van der Waals surface area contributed by atoms with Gasteiger partial charge in [0.2, 0.25) is 0 Å². The fraction of sp³-hybridized carbons (Fsp3) is 0.316. The Morgan fingerprint density at radius 2 is 1.44 bits per heavy atom. The van der Waals surface area contributed by atoms with Crippen LogP contribution in [0.2, 0.25) is 0 Å². The van der Waals surface area contributed by atoms with Gasteiger partial charge in [0.05, 0.1) is 16.7 Å². The van der Waals surface area contributed by atoms with Crippen LogP contribution in [-0.2, 0) is 0 Å². The third kappa shape index (κ3) is 4.33. The molecule has 1 saturated heterocycles. The van der Waals surface area contributed by atoms with Crippen molar-refractivity contribution in [1.82, 2.24) is 15.2 Å². The number of para-hydroxylation sites is 2. The molecule has 2 N–H and O–H groups in total. The van der Waals surface area contributed by atoms with Gasteiger partial charge in [-0.25, -0.2) is 4.98 Å². The van der Waals surface area contributed by atoms with Crippen LogP contribution in [0.25, 0.3) is 21.8 Å². The largest absolute Gasteiger partial charge is 0.383 e. The molecule has 0 amide bonds. The van der Waals surface area contributed by atoms with E-state index in [2.05, 4.69) is 64.1 Å². The molecule has 1 fully saturated rings. The molecular formula is C19H24Cl2N4. The normalized spacial score (nSPS) is 14.7. The molecule has 1 aromatic heterocycles. The van der Waals surface area contributed by atoms with Crippen LogP contribution in [0.1, 0.15) is 0 Å². The Morgan fingerprint density at radius 1 is 0.880 bits per heavy atom. The third-order valence-electron chi connectivity index (χ3n) is 4.53. The number of hydrogen-bond acceptors (Lipinski definition) is 4. The average molecular weight is 379 g/mol. The van der Waals surface area contributed by atoms with Crippen molar-refractivity contribution in [3.05, 3.63) is 48.5 Å². The number of pyridine rings is 1. The van der Waals surface area contributed by atoms with Crippen molar-refractivity contribution >= 4 is 52.3 Å². The van der Waals surface area contributed by atoms with Crippen LogP contribution in [-0.4, -0.2) is 49.2 Å². The Morgan fingerprint density at radius 3 is 2.04 bits per heavy atom. The monoisotopic (exact) mass is 378 g/mol. The van der Waals surface area contributed by atoms with Crippen molar-refractivity contribution in [3.8, 4) is 0 Å². The second-order valence-corrected chi connectivity index (χ2v) is 6.04. The van der Waals surface area contributed by atoms with Crippen LogP contribution in [0, 0.1) is 0 Å². The lowest BCUT2D eigenvalue weighted by atomic mass is 10.1. The van der Waals surface area contributed by atoms with Gasteiger partial charge in [-0.3, -0.25) is 4.90 Å². The van der Waals surface area contributed by atoms with Crippen LogP contribution >= 0.6 is 24.8 Å². The van der Waals surface area contributed by atoms with Crippen molar-refractivity contribution < 1.29 is 0 Å². The minimum absolute atomic E-state index is 0. The summed E-state index contributed by atoms with van der Waals surface area (Å²) in [6.07, 6.45) is 0. The predicted octanol–water partition coefficient (Wildman–Crippen LogP) is 3.55. The lowest BCUT2D eigenvalue weighted by Gasteiger charge is -2.27. The Balaban J connectivity index is 0.00000113. The van der Waals surface area contributed by atoms with Crippen molar-refractivity contribution in [1.29, 1.82) is 0 Å². The summed E-state index contributed by atoms with van der Waals surface area (Å²) in [5, 5.41) is 9.48. The van der Waals surface area contributed by atoms with Crippen molar-refractivity contribution in [2.24, 2.45) is 0 Å². The van der Waals surface area contributed by atoms with Crippen LogP contribution in [0.3, 0.4) is 0 Å². The molecule has 4 rings (SSSR count). The smallest absolute Gasteiger partial charge is 0.0730 e. The lowest BCUT2D eigenvalue weighted by molar-refractivity contribution is 0.249. The highest BCUT2D eigenvalue weighted by molar-refractivity contribution is 6.07. The number of fused-ring (bicyclic) bond motifs is 2. The number of benzene rings is 2. The Labute approximate surface area is 160 Å². The molecule has 0 spiro atoms. The van der Waals surface area contributed by atoms with E-state index in [-0.39, 0.29) is 24.8 Å². The van der Waals surface area contributed by atoms with Crippen LogP contribution in [0.15, 0.2) is 48.5 Å². The molecule has 1 aliphatic heterocycles. The highest BCUT2D eigenvalue weighted by atomic mass is 35.5. The van der Waals surface area contributed by atoms with E-state index in [4.69, 9.17) is 4.98 Å². The van der Waals surface area contributed by atoms with E-state index in [1.54, 1.807) is 0 Å². The number of piperazine rings is 1. The first-order valence-electron chi connectivity index (χ1n) is 8.36. The number of anilines is 1. The molecule has 6 heteroatoms. The molecule has 2 aromatic carbocycles. The van der Waals surface area contributed by atoms with Crippen LogP contribution < -0.4 is 10.6 Å².